The molecule has 0 radical (unpaired) electrons. The van der Waals surface area contributed by atoms with Crippen molar-refractivity contribution in [2.45, 2.75) is 26.2 Å². The van der Waals surface area contributed by atoms with Crippen LogP contribution in [0.3, 0.4) is 0 Å². The van der Waals surface area contributed by atoms with E-state index in [0.717, 1.165) is 36.8 Å². The fourth-order valence-electron chi connectivity index (χ4n) is 4.08. The molecule has 0 aromatic heterocycles. The van der Waals surface area contributed by atoms with E-state index in [1.165, 1.54) is 23.8 Å². The lowest BCUT2D eigenvalue weighted by atomic mass is 9.99. The lowest BCUT2D eigenvalue weighted by molar-refractivity contribution is -0.122. The molecule has 2 aromatic carbocycles. The lowest BCUT2D eigenvalue weighted by Gasteiger charge is -2.32. The van der Waals surface area contributed by atoms with Crippen molar-refractivity contribution in [2.24, 2.45) is 11.8 Å². The van der Waals surface area contributed by atoms with Gasteiger partial charge in [-0.1, -0.05) is 6.92 Å². The zero-order valence-electron chi connectivity index (χ0n) is 16.9. The third-order valence-corrected chi connectivity index (χ3v) is 5.98. The molecule has 2 aromatic rings. The molecule has 2 saturated heterocycles. The fraction of sp³-hybridized carbons (Fsp3) is 0.391. The zero-order chi connectivity index (χ0) is 21.3. The monoisotopic (exact) mass is 413 g/mol. The average molecular weight is 413 g/mol. The van der Waals surface area contributed by atoms with Crippen molar-refractivity contribution < 1.29 is 18.4 Å². The number of hydrogen-bond donors (Lipinski definition) is 1. The molecule has 0 bridgehead atoms. The highest BCUT2D eigenvalue weighted by molar-refractivity contribution is 6.03. The highest BCUT2D eigenvalue weighted by atomic mass is 19.1. The molecule has 158 valence electrons. The predicted molar refractivity (Wildman–Crippen MR) is 113 cm³/mol. The smallest absolute Gasteiger partial charge is 0.229 e. The van der Waals surface area contributed by atoms with Crippen molar-refractivity contribution in [3.05, 3.63) is 54.1 Å². The van der Waals surface area contributed by atoms with Crippen molar-refractivity contribution >= 4 is 28.9 Å². The number of nitrogens with one attached hydrogen (secondary N) is 1. The van der Waals surface area contributed by atoms with Gasteiger partial charge in [-0.15, -0.1) is 0 Å². The van der Waals surface area contributed by atoms with Gasteiger partial charge in [-0.3, -0.25) is 9.59 Å². The van der Waals surface area contributed by atoms with Crippen LogP contribution >= 0.6 is 0 Å². The molecule has 2 heterocycles. The van der Waals surface area contributed by atoms with E-state index in [9.17, 15) is 18.4 Å². The number of nitrogens with zero attached hydrogens (tertiary/aromatic N) is 2. The van der Waals surface area contributed by atoms with E-state index in [1.807, 2.05) is 24.3 Å². The molecule has 1 N–H and O–H groups in total. The Morgan fingerprint density at radius 2 is 1.77 bits per heavy atom. The largest absolute Gasteiger partial charge is 0.372 e. The summed E-state index contributed by atoms with van der Waals surface area (Å²) >= 11 is 0. The summed E-state index contributed by atoms with van der Waals surface area (Å²) in [6, 6.07) is 10.8. The molecule has 30 heavy (non-hydrogen) atoms. The van der Waals surface area contributed by atoms with E-state index >= 15 is 0 Å². The van der Waals surface area contributed by atoms with Crippen LogP contribution in [0.25, 0.3) is 0 Å². The van der Waals surface area contributed by atoms with Crippen LogP contribution in [0.15, 0.2) is 42.5 Å². The van der Waals surface area contributed by atoms with Gasteiger partial charge in [-0.05, 0) is 55.2 Å². The van der Waals surface area contributed by atoms with Crippen molar-refractivity contribution in [3.63, 3.8) is 0 Å². The Bertz CT molecular complexity index is 940. The molecule has 2 aliphatic rings. The Labute approximate surface area is 174 Å². The summed E-state index contributed by atoms with van der Waals surface area (Å²) in [5, 5.41) is 2.85. The van der Waals surface area contributed by atoms with Crippen LogP contribution in [0.1, 0.15) is 26.2 Å². The van der Waals surface area contributed by atoms with Crippen LogP contribution in [0, 0.1) is 23.5 Å². The maximum absolute atomic E-state index is 14.0. The van der Waals surface area contributed by atoms with E-state index < -0.39 is 17.6 Å². The number of amides is 2. The first-order valence-electron chi connectivity index (χ1n) is 10.3. The molecule has 2 amide bonds. The van der Waals surface area contributed by atoms with Gasteiger partial charge < -0.3 is 15.1 Å². The second-order valence-corrected chi connectivity index (χ2v) is 8.21. The van der Waals surface area contributed by atoms with Crippen molar-refractivity contribution in [3.8, 4) is 0 Å². The summed E-state index contributed by atoms with van der Waals surface area (Å²) in [6.45, 7) is 4.41. The van der Waals surface area contributed by atoms with Gasteiger partial charge in [0, 0.05) is 43.5 Å². The lowest BCUT2D eigenvalue weighted by Crippen LogP contribution is -2.32. The van der Waals surface area contributed by atoms with Crippen LogP contribution in [0.5, 0.6) is 0 Å². The van der Waals surface area contributed by atoms with Crippen LogP contribution in [0.4, 0.5) is 25.8 Å². The van der Waals surface area contributed by atoms with Crippen molar-refractivity contribution in [2.75, 3.05) is 34.8 Å². The Kier molecular flexibility index (Phi) is 5.70. The highest BCUT2D eigenvalue weighted by Crippen LogP contribution is 2.29. The topological polar surface area (TPSA) is 52.7 Å². The minimum Gasteiger partial charge on any atom is -0.372 e. The van der Waals surface area contributed by atoms with E-state index in [4.69, 9.17) is 0 Å². The van der Waals surface area contributed by atoms with Crippen molar-refractivity contribution in [1.29, 1.82) is 0 Å². The SMILES string of the molecule is CC1CCN(c2ccc(NC(=O)C3CC(=O)N(c4ccc(F)cc4F)C3)cc2)CC1. The Morgan fingerprint density at radius 3 is 2.43 bits per heavy atom. The van der Waals surface area contributed by atoms with Gasteiger partial charge in [0.1, 0.15) is 11.6 Å². The summed E-state index contributed by atoms with van der Waals surface area (Å²) in [4.78, 5) is 28.5. The van der Waals surface area contributed by atoms with Crippen molar-refractivity contribution in [1.82, 2.24) is 0 Å². The van der Waals surface area contributed by atoms with Crippen LogP contribution in [-0.2, 0) is 9.59 Å². The number of halogens is 2. The first kappa shape index (κ1) is 20.3. The fourth-order valence-corrected chi connectivity index (χ4v) is 4.08. The average Bonchev–Trinajstić information content (AvgIpc) is 3.11. The molecule has 2 fully saturated rings. The van der Waals surface area contributed by atoms with Crippen LogP contribution in [0.2, 0.25) is 0 Å². The molecular formula is C23H25F2N3O2. The first-order valence-corrected chi connectivity index (χ1v) is 10.3. The second kappa shape index (κ2) is 8.42. The highest BCUT2D eigenvalue weighted by Gasteiger charge is 2.36. The van der Waals surface area contributed by atoms with Crippen LogP contribution < -0.4 is 15.1 Å². The van der Waals surface area contributed by atoms with Gasteiger partial charge in [-0.25, -0.2) is 8.78 Å². The molecule has 0 spiro atoms. The summed E-state index contributed by atoms with van der Waals surface area (Å²) in [7, 11) is 0. The normalized spacial score (nSPS) is 20.0. The molecule has 4 rings (SSSR count). The molecule has 7 heteroatoms. The quantitative estimate of drug-likeness (QED) is 0.818. The maximum Gasteiger partial charge on any atom is 0.229 e. The molecule has 1 atom stereocenters. The third-order valence-electron chi connectivity index (χ3n) is 5.98. The number of anilines is 3. The van der Waals surface area contributed by atoms with Gasteiger partial charge in [0.2, 0.25) is 11.8 Å². The first-order chi connectivity index (χ1) is 14.4. The number of hydrogen-bond acceptors (Lipinski definition) is 3. The summed E-state index contributed by atoms with van der Waals surface area (Å²) in [5.41, 5.74) is 1.79. The minimum atomic E-state index is -0.813. The summed E-state index contributed by atoms with van der Waals surface area (Å²) in [6.07, 6.45) is 2.35. The Hall–Kier alpha value is -2.96. The third kappa shape index (κ3) is 4.30. The Morgan fingerprint density at radius 1 is 1.07 bits per heavy atom. The minimum absolute atomic E-state index is 0.00287. The molecule has 5 nitrogen and oxygen atoms in total. The number of rotatable bonds is 4. The molecular weight excluding hydrogens is 388 g/mol. The van der Waals surface area contributed by atoms with Gasteiger partial charge >= 0.3 is 0 Å². The predicted octanol–water partition coefficient (Wildman–Crippen LogP) is 4.19. The second-order valence-electron chi connectivity index (χ2n) is 8.21. The number of carbonyl (C=O) groups excluding carboxylic acids is 2. The van der Waals surface area contributed by atoms with E-state index in [0.29, 0.717) is 5.69 Å². The Balaban J connectivity index is 1.37. The summed E-state index contributed by atoms with van der Waals surface area (Å²) in [5.74, 6) is -1.99. The molecule has 0 saturated carbocycles. The summed E-state index contributed by atoms with van der Waals surface area (Å²) < 4.78 is 27.2. The van der Waals surface area contributed by atoms with Gasteiger partial charge in [0.05, 0.1) is 11.6 Å². The van der Waals surface area contributed by atoms with Gasteiger partial charge in [0.25, 0.3) is 0 Å². The van der Waals surface area contributed by atoms with E-state index in [-0.39, 0.29) is 30.5 Å². The van der Waals surface area contributed by atoms with Gasteiger partial charge in [-0.2, -0.15) is 0 Å². The number of carbonyl (C=O) groups is 2. The number of piperidine rings is 1. The number of benzene rings is 2. The molecule has 1 unspecified atom stereocenters. The van der Waals surface area contributed by atoms with Gasteiger partial charge in [0.15, 0.2) is 0 Å². The maximum atomic E-state index is 14.0. The molecule has 0 aliphatic carbocycles. The van der Waals surface area contributed by atoms with Crippen LogP contribution in [-0.4, -0.2) is 31.4 Å². The zero-order valence-corrected chi connectivity index (χ0v) is 16.9. The standard InChI is InChI=1S/C23H25F2N3O2/c1-15-8-10-27(11-9-15)19-5-3-18(4-6-19)26-23(30)16-12-22(29)28(14-16)21-7-2-17(24)13-20(21)25/h2-7,13,15-16H,8-12,14H2,1H3,(H,26,30). The van der Waals surface area contributed by atoms with E-state index in [1.54, 1.807) is 0 Å². The van der Waals surface area contributed by atoms with E-state index in [2.05, 4.69) is 17.1 Å². The molecule has 2 aliphatic heterocycles.